The van der Waals surface area contributed by atoms with Crippen LogP contribution in [-0.2, 0) is 4.79 Å². The summed E-state index contributed by atoms with van der Waals surface area (Å²) in [6.45, 7) is 5.99. The summed E-state index contributed by atoms with van der Waals surface area (Å²) in [7, 11) is 8.50. The van der Waals surface area contributed by atoms with Gasteiger partial charge in [0.05, 0.1) is 28.2 Å². The minimum absolute atomic E-state index is 0.396. The van der Waals surface area contributed by atoms with Crippen LogP contribution in [0.15, 0.2) is 12.2 Å². The van der Waals surface area contributed by atoms with Crippen molar-refractivity contribution in [2.75, 3.05) is 28.2 Å². The van der Waals surface area contributed by atoms with Crippen molar-refractivity contribution in [3.63, 3.8) is 0 Å². The van der Waals surface area contributed by atoms with Crippen LogP contribution in [0.2, 0.25) is 0 Å². The normalized spacial score (nSPS) is 11.5. The molecular weight excluding hydrogens is 330 g/mol. The highest BCUT2D eigenvalue weighted by molar-refractivity contribution is 5.78. The third-order valence-electron chi connectivity index (χ3n) is 4.17. The molecule has 2 nitrogen and oxygen atoms in total. The Morgan fingerprint density at radius 2 is 1.11 bits per heavy atom. The van der Waals surface area contributed by atoms with E-state index in [4.69, 9.17) is 0 Å². The smallest absolute Gasteiger partial charge is 0.132 e. The largest absolute Gasteiger partial charge is 0.333 e. The Kier molecular flexibility index (Phi) is 22.9. The zero-order valence-corrected chi connectivity index (χ0v) is 19.5. The molecule has 0 bridgehead atoms. The van der Waals surface area contributed by atoms with E-state index < -0.39 is 0 Å². The van der Waals surface area contributed by atoms with Gasteiger partial charge in [-0.3, -0.25) is 4.79 Å². The fourth-order valence-electron chi connectivity index (χ4n) is 2.72. The molecule has 0 amide bonds. The third-order valence-corrected chi connectivity index (χ3v) is 4.17. The van der Waals surface area contributed by atoms with E-state index in [-0.39, 0.29) is 0 Å². The lowest BCUT2D eigenvalue weighted by Gasteiger charge is -2.14. The fraction of sp³-hybridized carbons (Fsp3) is 0.840. The van der Waals surface area contributed by atoms with Crippen molar-refractivity contribution in [2.45, 2.75) is 110 Å². The molecule has 0 fully saturated rings. The predicted molar refractivity (Wildman–Crippen MR) is 123 cm³/mol. The maximum Gasteiger partial charge on any atom is 0.132 e. The molecule has 0 saturated carbocycles. The highest BCUT2D eigenvalue weighted by atomic mass is 16.1. The Morgan fingerprint density at radius 3 is 1.56 bits per heavy atom. The zero-order chi connectivity index (χ0) is 20.8. The third kappa shape index (κ3) is 36.9. The van der Waals surface area contributed by atoms with Crippen LogP contribution in [0.25, 0.3) is 0 Å². The standard InChI is InChI=1S/C21H39O.C4H12N/c1-3-5-6-7-8-9-10-11-12-13-14-15-16-17-18-20-21(22)19-4-2;1-5(2,3)4/h11-12H,2-10,13-20H2,1H3;1-4H3/q;+1/b12-11-;. The average molecular weight is 382 g/mol. The first-order valence-electron chi connectivity index (χ1n) is 11.6. The molecule has 0 spiro atoms. The second-order valence-electron chi connectivity index (χ2n) is 9.16. The summed E-state index contributed by atoms with van der Waals surface area (Å²) in [4.78, 5) is 11.3. The number of hydrogen-bond acceptors (Lipinski definition) is 1. The van der Waals surface area contributed by atoms with Gasteiger partial charge in [-0.2, -0.15) is 0 Å². The van der Waals surface area contributed by atoms with Gasteiger partial charge in [0.2, 0.25) is 0 Å². The Balaban J connectivity index is 0. The molecule has 0 aliphatic rings. The number of carbonyl (C=O) groups excluding carboxylic acids is 1. The van der Waals surface area contributed by atoms with Gasteiger partial charge in [-0.15, -0.1) is 0 Å². The Hall–Kier alpha value is -0.630. The SMILES string of the molecule is C[N+](C)(C)C.[CH2]CCC(=O)CCCCCCC/C=C\CCCCCCCC. The van der Waals surface area contributed by atoms with Gasteiger partial charge in [0.1, 0.15) is 5.78 Å². The molecule has 0 saturated heterocycles. The van der Waals surface area contributed by atoms with Crippen LogP contribution in [0.5, 0.6) is 0 Å². The Labute approximate surface area is 172 Å². The molecule has 161 valence electrons. The number of rotatable bonds is 17. The molecule has 0 unspecified atom stereocenters. The predicted octanol–water partition coefficient (Wildman–Crippen LogP) is 7.53. The molecule has 0 heterocycles. The molecule has 27 heavy (non-hydrogen) atoms. The maximum atomic E-state index is 11.3. The summed E-state index contributed by atoms with van der Waals surface area (Å²) in [5.41, 5.74) is 0. The second kappa shape index (κ2) is 21.7. The average Bonchev–Trinajstić information content (AvgIpc) is 2.57. The lowest BCUT2D eigenvalue weighted by atomic mass is 10.1. The first kappa shape index (κ1) is 28.6. The summed E-state index contributed by atoms with van der Waals surface area (Å²) in [6, 6.07) is 0. The highest BCUT2D eigenvalue weighted by Crippen LogP contribution is 2.10. The lowest BCUT2D eigenvalue weighted by Crippen LogP contribution is -2.27. The van der Waals surface area contributed by atoms with Crippen LogP contribution < -0.4 is 0 Å². The summed E-state index contributed by atoms with van der Waals surface area (Å²) in [5.74, 6) is 0.396. The van der Waals surface area contributed by atoms with Crippen molar-refractivity contribution in [3.8, 4) is 0 Å². The van der Waals surface area contributed by atoms with E-state index in [0.717, 1.165) is 23.7 Å². The molecular formula is C25H51NO+. The van der Waals surface area contributed by atoms with Gasteiger partial charge < -0.3 is 4.48 Å². The van der Waals surface area contributed by atoms with Crippen LogP contribution >= 0.6 is 0 Å². The minimum atomic E-state index is 0.396. The highest BCUT2D eigenvalue weighted by Gasteiger charge is 1.99. The van der Waals surface area contributed by atoms with Crippen molar-refractivity contribution in [3.05, 3.63) is 19.1 Å². The molecule has 0 N–H and O–H groups in total. The van der Waals surface area contributed by atoms with Crippen molar-refractivity contribution in [1.82, 2.24) is 0 Å². The van der Waals surface area contributed by atoms with E-state index >= 15 is 0 Å². The number of nitrogens with zero attached hydrogens (tertiary/aromatic N) is 1. The summed E-state index contributed by atoms with van der Waals surface area (Å²) in [5, 5.41) is 0. The van der Waals surface area contributed by atoms with E-state index in [1.807, 2.05) is 0 Å². The van der Waals surface area contributed by atoms with E-state index in [1.165, 1.54) is 77.0 Å². The molecule has 0 atom stereocenters. The molecule has 0 aromatic carbocycles. The molecule has 0 aliphatic heterocycles. The molecule has 0 aromatic heterocycles. The molecule has 0 aromatic rings. The number of Topliss-reactive ketones (excluding diaryl/α,β-unsaturated/α-hetero) is 1. The van der Waals surface area contributed by atoms with Gasteiger partial charge in [-0.25, -0.2) is 0 Å². The van der Waals surface area contributed by atoms with Crippen LogP contribution in [0.4, 0.5) is 0 Å². The Morgan fingerprint density at radius 1 is 0.704 bits per heavy atom. The fourth-order valence-corrected chi connectivity index (χ4v) is 2.72. The van der Waals surface area contributed by atoms with Gasteiger partial charge in [0, 0.05) is 12.8 Å². The molecule has 2 heteroatoms. The van der Waals surface area contributed by atoms with E-state index in [9.17, 15) is 4.79 Å². The molecule has 1 radical (unpaired) electrons. The van der Waals surface area contributed by atoms with Crippen molar-refractivity contribution in [1.29, 1.82) is 0 Å². The number of ketones is 1. The number of allylic oxidation sites excluding steroid dienone is 2. The number of hydrogen-bond donors (Lipinski definition) is 0. The summed E-state index contributed by atoms with van der Waals surface area (Å²) in [6.07, 6.45) is 24.0. The number of quaternary nitrogens is 1. The van der Waals surface area contributed by atoms with E-state index in [1.54, 1.807) is 0 Å². The van der Waals surface area contributed by atoms with Gasteiger partial charge in [0.15, 0.2) is 0 Å². The van der Waals surface area contributed by atoms with E-state index in [2.05, 4.69) is 54.2 Å². The summed E-state index contributed by atoms with van der Waals surface area (Å²) < 4.78 is 1.00. The van der Waals surface area contributed by atoms with E-state index in [0.29, 0.717) is 12.2 Å². The van der Waals surface area contributed by atoms with Crippen molar-refractivity contribution >= 4 is 5.78 Å². The Bertz CT molecular complexity index is 322. The molecule has 0 aliphatic carbocycles. The molecule has 0 rings (SSSR count). The first-order valence-corrected chi connectivity index (χ1v) is 11.6. The van der Waals surface area contributed by atoms with Crippen molar-refractivity contribution < 1.29 is 9.28 Å². The monoisotopic (exact) mass is 381 g/mol. The first-order chi connectivity index (χ1) is 12.8. The van der Waals surface area contributed by atoms with Gasteiger partial charge in [-0.05, 0) is 38.5 Å². The van der Waals surface area contributed by atoms with Crippen LogP contribution in [0, 0.1) is 6.92 Å². The summed E-state index contributed by atoms with van der Waals surface area (Å²) >= 11 is 0. The van der Waals surface area contributed by atoms with Gasteiger partial charge >= 0.3 is 0 Å². The van der Waals surface area contributed by atoms with Crippen LogP contribution in [0.1, 0.15) is 110 Å². The quantitative estimate of drug-likeness (QED) is 0.144. The topological polar surface area (TPSA) is 17.1 Å². The second-order valence-corrected chi connectivity index (χ2v) is 9.16. The van der Waals surface area contributed by atoms with Crippen LogP contribution in [-0.4, -0.2) is 38.5 Å². The van der Waals surface area contributed by atoms with Gasteiger partial charge in [0.25, 0.3) is 0 Å². The number of carbonyl (C=O) groups is 1. The number of unbranched alkanes of at least 4 members (excludes halogenated alkanes) is 11. The van der Waals surface area contributed by atoms with Crippen LogP contribution in [0.3, 0.4) is 0 Å². The minimum Gasteiger partial charge on any atom is -0.333 e. The maximum absolute atomic E-state index is 11.3. The van der Waals surface area contributed by atoms with Crippen molar-refractivity contribution in [2.24, 2.45) is 0 Å². The lowest BCUT2D eigenvalue weighted by molar-refractivity contribution is -0.849. The van der Waals surface area contributed by atoms with Gasteiger partial charge in [-0.1, -0.05) is 77.4 Å². The zero-order valence-electron chi connectivity index (χ0n) is 19.5.